The molecular weight excluding hydrogens is 772 g/mol. The summed E-state index contributed by atoms with van der Waals surface area (Å²) < 4.78 is 55.9. The SMILES string of the molecule is CC[C@H]1OC(=O)[C@H](C)[C@@H](O[C@H]2C[C@@](C)(OC)[C@@H](OC(=O)NNC)[C@H](C)O2)[C@H](C)[C@@H](O[C@@H]2O[C@H](C)C[C@H](N(C)C)[C@H]2O)[C@](C)(O)C[C@@H](C)CN(C)[C@H](C)[C@@H]2OC(=O)O[C@]12C. The monoisotopic (exact) mass is 847 g/mol. The summed E-state index contributed by atoms with van der Waals surface area (Å²) in [6.07, 6.45) is -9.29. The van der Waals surface area contributed by atoms with E-state index in [4.69, 9.17) is 42.6 Å². The Morgan fingerprint density at radius 1 is 1.00 bits per heavy atom. The maximum atomic E-state index is 14.6. The van der Waals surface area contributed by atoms with Crippen LogP contribution in [0.4, 0.5) is 9.59 Å². The van der Waals surface area contributed by atoms with Crippen molar-refractivity contribution in [3.8, 4) is 0 Å². The van der Waals surface area contributed by atoms with Crippen LogP contribution in [0.5, 0.6) is 0 Å². The molecule has 4 N–H and O–H groups in total. The number of hydrazine groups is 1. The molecule has 4 aliphatic rings. The molecule has 0 aromatic heterocycles. The summed E-state index contributed by atoms with van der Waals surface area (Å²) >= 11 is 0. The molecule has 0 aromatic rings. The van der Waals surface area contributed by atoms with Crippen LogP contribution < -0.4 is 10.9 Å². The Balaban J connectivity index is 1.82. The van der Waals surface area contributed by atoms with Crippen molar-refractivity contribution < 1.29 is 67.2 Å². The van der Waals surface area contributed by atoms with Crippen molar-refractivity contribution in [3.63, 3.8) is 0 Å². The zero-order chi connectivity index (χ0) is 44.4. The van der Waals surface area contributed by atoms with Crippen LogP contribution in [0.2, 0.25) is 0 Å². The number of likely N-dealkylation sites (N-methyl/N-ethyl adjacent to an activating group) is 2. The molecular formula is C41H74N4O14. The smallest absolute Gasteiger partial charge is 0.458 e. The van der Waals surface area contributed by atoms with E-state index in [2.05, 4.69) is 10.9 Å². The van der Waals surface area contributed by atoms with Crippen molar-refractivity contribution in [2.24, 2.45) is 17.8 Å². The lowest BCUT2D eigenvalue weighted by molar-refractivity contribution is -0.317. The minimum absolute atomic E-state index is 0.0800. The molecule has 342 valence electrons. The van der Waals surface area contributed by atoms with Crippen molar-refractivity contribution in [1.82, 2.24) is 20.7 Å². The molecule has 18 atom stereocenters. The van der Waals surface area contributed by atoms with Crippen molar-refractivity contribution in [1.29, 1.82) is 0 Å². The second kappa shape index (κ2) is 19.8. The number of cyclic esters (lactones) is 1. The van der Waals surface area contributed by atoms with E-state index in [1.165, 1.54) is 14.2 Å². The lowest BCUT2D eigenvalue weighted by atomic mass is 9.77. The van der Waals surface area contributed by atoms with Gasteiger partial charge in [-0.3, -0.25) is 15.1 Å². The predicted octanol–water partition coefficient (Wildman–Crippen LogP) is 2.95. The zero-order valence-electron chi connectivity index (χ0n) is 37.9. The van der Waals surface area contributed by atoms with Gasteiger partial charge in [0.1, 0.15) is 17.8 Å². The lowest BCUT2D eigenvalue weighted by Crippen LogP contribution is -2.61. The fourth-order valence-electron chi connectivity index (χ4n) is 9.80. The molecule has 0 spiro atoms. The normalized spacial score (nSPS) is 45.6. The first-order chi connectivity index (χ1) is 27.4. The van der Waals surface area contributed by atoms with Crippen LogP contribution in [0.15, 0.2) is 0 Å². The first kappa shape index (κ1) is 49.3. The molecule has 18 heteroatoms. The summed E-state index contributed by atoms with van der Waals surface area (Å²) in [6, 6.07) is -0.664. The van der Waals surface area contributed by atoms with Crippen LogP contribution in [0, 0.1) is 17.8 Å². The third-order valence-corrected chi connectivity index (χ3v) is 13.1. The first-order valence-corrected chi connectivity index (χ1v) is 21.1. The standard InChI is InChI=1S/C41H74N4O14/c1-16-28-41(10)33(58-38(49)59-41)25(6)45(14)20-21(2)18-39(8,50)32(56-36-30(46)27(44(12)13)17-22(3)52-36)23(4)31(24(5)35(47)54-28)55-29-19-40(9,51-15)34(26(7)53-29)57-37(48)43-42-11/h21-34,36,42,46,50H,16-20H2,1-15H3,(H,43,48)/t21-,22-,23+,24-,25-,26+,27+,28-,29+,30-,31+,32-,33+,34+,36+,39-,40-,41-/m1/s1. The third kappa shape index (κ3) is 11.0. The molecule has 0 aliphatic carbocycles. The van der Waals surface area contributed by atoms with Gasteiger partial charge in [0.15, 0.2) is 30.4 Å². The number of esters is 1. The largest absolute Gasteiger partial charge is 0.509 e. The van der Waals surface area contributed by atoms with E-state index in [-0.39, 0.29) is 36.9 Å². The number of amides is 1. The number of ether oxygens (including phenoxy) is 9. The van der Waals surface area contributed by atoms with E-state index in [1.807, 2.05) is 65.6 Å². The number of hydrogen-bond acceptors (Lipinski definition) is 17. The van der Waals surface area contributed by atoms with Gasteiger partial charge in [-0.1, -0.05) is 20.8 Å². The third-order valence-electron chi connectivity index (χ3n) is 13.1. The maximum absolute atomic E-state index is 14.6. The van der Waals surface area contributed by atoms with Crippen molar-refractivity contribution in [2.45, 2.75) is 185 Å². The highest BCUT2D eigenvalue weighted by molar-refractivity contribution is 5.73. The number of hydrogen-bond donors (Lipinski definition) is 4. The molecule has 4 aliphatic heterocycles. The summed E-state index contributed by atoms with van der Waals surface area (Å²) in [6.45, 7) is 18.6. The summed E-state index contributed by atoms with van der Waals surface area (Å²) in [5, 5.41) is 24.3. The topological polar surface area (TPSA) is 205 Å². The highest BCUT2D eigenvalue weighted by atomic mass is 16.8. The van der Waals surface area contributed by atoms with Crippen LogP contribution in [0.3, 0.4) is 0 Å². The summed E-state index contributed by atoms with van der Waals surface area (Å²) in [5.74, 6) is -2.61. The van der Waals surface area contributed by atoms with Gasteiger partial charge in [0.2, 0.25) is 0 Å². The molecule has 59 heavy (non-hydrogen) atoms. The van der Waals surface area contributed by atoms with Crippen LogP contribution >= 0.6 is 0 Å². The Morgan fingerprint density at radius 3 is 2.25 bits per heavy atom. The van der Waals surface area contributed by atoms with Crippen LogP contribution in [-0.4, -0.2) is 170 Å². The summed E-state index contributed by atoms with van der Waals surface area (Å²) in [7, 11) is 8.72. The number of carbonyl (C=O) groups is 3. The predicted molar refractivity (Wildman–Crippen MR) is 214 cm³/mol. The molecule has 1 amide bonds. The number of methoxy groups -OCH3 is 1. The average Bonchev–Trinajstić information content (AvgIpc) is 3.46. The minimum atomic E-state index is -1.59. The Kier molecular flexibility index (Phi) is 16.5. The Bertz CT molecular complexity index is 1430. The molecule has 0 saturated carbocycles. The fraction of sp³-hybridized carbons (Fsp3) is 0.927. The molecule has 18 nitrogen and oxygen atoms in total. The highest BCUT2D eigenvalue weighted by Gasteiger charge is 2.58. The Labute approximate surface area is 350 Å². The van der Waals surface area contributed by atoms with Gasteiger partial charge in [0.25, 0.3) is 0 Å². The summed E-state index contributed by atoms with van der Waals surface area (Å²) in [4.78, 5) is 43.9. The number of rotatable bonds is 9. The number of aliphatic hydroxyl groups excluding tert-OH is 1. The minimum Gasteiger partial charge on any atom is -0.458 e. The number of fused-ring (bicyclic) bond motifs is 1. The number of nitrogens with zero attached hydrogens (tertiary/aromatic N) is 2. The Morgan fingerprint density at radius 2 is 1.66 bits per heavy atom. The Hall–Kier alpha value is -2.39. The van der Waals surface area contributed by atoms with E-state index in [0.717, 1.165) is 0 Å². The van der Waals surface area contributed by atoms with Gasteiger partial charge in [-0.05, 0) is 94.8 Å². The number of nitrogens with one attached hydrogen (secondary N) is 2. The van der Waals surface area contributed by atoms with Gasteiger partial charge in [-0.25, -0.2) is 15.0 Å². The van der Waals surface area contributed by atoms with Crippen molar-refractivity contribution in [3.05, 3.63) is 0 Å². The van der Waals surface area contributed by atoms with Gasteiger partial charge in [-0.2, -0.15) is 0 Å². The second-order valence-electron chi connectivity index (χ2n) is 18.3. The van der Waals surface area contributed by atoms with Crippen LogP contribution in [0.25, 0.3) is 0 Å². The van der Waals surface area contributed by atoms with Crippen LogP contribution in [-0.2, 0) is 47.4 Å². The first-order valence-electron chi connectivity index (χ1n) is 21.1. The van der Waals surface area contributed by atoms with E-state index in [1.54, 1.807) is 34.6 Å². The number of carbonyl (C=O) groups excluding carboxylic acids is 3. The van der Waals surface area contributed by atoms with Crippen molar-refractivity contribution in [2.75, 3.05) is 41.8 Å². The van der Waals surface area contributed by atoms with Gasteiger partial charge in [0, 0.05) is 45.1 Å². The van der Waals surface area contributed by atoms with E-state index in [9.17, 15) is 24.6 Å². The van der Waals surface area contributed by atoms with Crippen LogP contribution in [0.1, 0.15) is 94.9 Å². The summed E-state index contributed by atoms with van der Waals surface area (Å²) in [5.41, 5.74) is 0.934. The molecule has 0 radical (unpaired) electrons. The molecule has 4 heterocycles. The zero-order valence-corrected chi connectivity index (χ0v) is 37.9. The molecule has 4 fully saturated rings. The molecule has 0 unspecified atom stereocenters. The van der Waals surface area contributed by atoms with E-state index in [0.29, 0.717) is 19.4 Å². The van der Waals surface area contributed by atoms with Crippen molar-refractivity contribution >= 4 is 18.2 Å². The van der Waals surface area contributed by atoms with Gasteiger partial charge in [-0.15, -0.1) is 0 Å². The lowest BCUT2D eigenvalue weighted by Gasteiger charge is -2.49. The van der Waals surface area contributed by atoms with Gasteiger partial charge >= 0.3 is 18.2 Å². The highest BCUT2D eigenvalue weighted by Crippen LogP contribution is 2.42. The maximum Gasteiger partial charge on any atom is 0.509 e. The fourth-order valence-corrected chi connectivity index (χ4v) is 9.80. The number of aliphatic hydroxyl groups is 2. The molecule has 4 saturated heterocycles. The van der Waals surface area contributed by atoms with Gasteiger partial charge in [0.05, 0.1) is 35.9 Å². The quantitative estimate of drug-likeness (QED) is 0.150. The second-order valence-corrected chi connectivity index (χ2v) is 18.3. The molecule has 4 rings (SSSR count). The van der Waals surface area contributed by atoms with Gasteiger partial charge < -0.3 is 57.7 Å². The molecule has 0 bridgehead atoms. The molecule has 0 aromatic carbocycles. The van der Waals surface area contributed by atoms with E-state index >= 15 is 0 Å². The average molecular weight is 847 g/mol. The van der Waals surface area contributed by atoms with E-state index < -0.39 is 102 Å².